The van der Waals surface area contributed by atoms with Crippen molar-refractivity contribution in [3.63, 3.8) is 0 Å². The van der Waals surface area contributed by atoms with E-state index in [9.17, 15) is 0 Å². The summed E-state index contributed by atoms with van der Waals surface area (Å²) in [7, 11) is 0. The van der Waals surface area contributed by atoms with Crippen LogP contribution in [-0.2, 0) is 0 Å². The van der Waals surface area contributed by atoms with Crippen LogP contribution < -0.4 is 5.32 Å². The molecular formula is C11H17ClN4. The SMILES string of the molecule is CCN1CCCC(Nc2ccnc(Cl)n2)C1. The number of rotatable bonds is 3. The van der Waals surface area contributed by atoms with Crippen molar-refractivity contribution in [1.82, 2.24) is 14.9 Å². The van der Waals surface area contributed by atoms with Gasteiger partial charge in [-0.05, 0) is 43.6 Å². The van der Waals surface area contributed by atoms with Gasteiger partial charge in [0.05, 0.1) is 0 Å². The van der Waals surface area contributed by atoms with Crippen molar-refractivity contribution in [3.8, 4) is 0 Å². The molecule has 5 heteroatoms. The van der Waals surface area contributed by atoms with E-state index in [2.05, 4.69) is 27.1 Å². The minimum absolute atomic E-state index is 0.299. The van der Waals surface area contributed by atoms with Gasteiger partial charge in [0.15, 0.2) is 0 Å². The van der Waals surface area contributed by atoms with E-state index in [-0.39, 0.29) is 0 Å². The number of piperidine rings is 1. The van der Waals surface area contributed by atoms with Crippen LogP contribution in [0.1, 0.15) is 19.8 Å². The summed E-state index contributed by atoms with van der Waals surface area (Å²) in [6.07, 6.45) is 4.11. The van der Waals surface area contributed by atoms with E-state index in [1.54, 1.807) is 6.20 Å². The van der Waals surface area contributed by atoms with Crippen LogP contribution in [0, 0.1) is 0 Å². The number of hydrogen-bond donors (Lipinski definition) is 1. The maximum Gasteiger partial charge on any atom is 0.224 e. The van der Waals surface area contributed by atoms with Crippen LogP contribution in [0.4, 0.5) is 5.82 Å². The van der Waals surface area contributed by atoms with Gasteiger partial charge < -0.3 is 10.2 Å². The molecule has 1 unspecified atom stereocenters. The lowest BCUT2D eigenvalue weighted by Gasteiger charge is -2.32. The van der Waals surface area contributed by atoms with Crippen LogP contribution in [0.3, 0.4) is 0 Å². The third kappa shape index (κ3) is 3.06. The number of nitrogens with zero attached hydrogens (tertiary/aromatic N) is 3. The van der Waals surface area contributed by atoms with Crippen molar-refractivity contribution < 1.29 is 0 Å². The molecule has 1 saturated heterocycles. The van der Waals surface area contributed by atoms with Gasteiger partial charge in [-0.2, -0.15) is 0 Å². The Morgan fingerprint density at radius 1 is 1.62 bits per heavy atom. The topological polar surface area (TPSA) is 41.0 Å². The number of nitrogens with one attached hydrogen (secondary N) is 1. The summed E-state index contributed by atoms with van der Waals surface area (Å²) in [5, 5.41) is 3.71. The summed E-state index contributed by atoms with van der Waals surface area (Å²) in [5.41, 5.74) is 0. The monoisotopic (exact) mass is 240 g/mol. The lowest BCUT2D eigenvalue weighted by molar-refractivity contribution is 0.226. The van der Waals surface area contributed by atoms with Crippen molar-refractivity contribution >= 4 is 17.4 Å². The molecule has 1 aromatic rings. The molecule has 1 fully saturated rings. The first kappa shape index (κ1) is 11.6. The van der Waals surface area contributed by atoms with Gasteiger partial charge in [0.1, 0.15) is 5.82 Å². The lowest BCUT2D eigenvalue weighted by atomic mass is 10.1. The number of anilines is 1. The Morgan fingerprint density at radius 3 is 3.25 bits per heavy atom. The molecule has 0 aromatic carbocycles. The number of likely N-dealkylation sites (N-methyl/N-ethyl adjacent to an activating group) is 1. The Bertz CT molecular complexity index is 345. The zero-order valence-corrected chi connectivity index (χ0v) is 10.2. The van der Waals surface area contributed by atoms with Crippen LogP contribution in [0.25, 0.3) is 0 Å². The average Bonchev–Trinajstić information content (AvgIpc) is 2.29. The second kappa shape index (κ2) is 5.46. The maximum absolute atomic E-state index is 5.75. The van der Waals surface area contributed by atoms with Crippen molar-refractivity contribution in [2.45, 2.75) is 25.8 Å². The standard InChI is InChI=1S/C11H17ClN4/c1-2-16-7-3-4-9(8-16)14-10-5-6-13-11(12)15-10/h5-6,9H,2-4,7-8H2,1H3,(H,13,14,15). The normalized spacial score (nSPS) is 22.0. The molecule has 1 aliphatic heterocycles. The molecule has 2 rings (SSSR count). The molecule has 0 bridgehead atoms. The zero-order chi connectivity index (χ0) is 11.4. The number of aromatic nitrogens is 2. The predicted molar refractivity (Wildman–Crippen MR) is 65.8 cm³/mol. The first-order valence-corrected chi connectivity index (χ1v) is 6.13. The fraction of sp³-hybridized carbons (Fsp3) is 0.636. The summed E-state index contributed by atoms with van der Waals surface area (Å²) < 4.78 is 0. The van der Waals surface area contributed by atoms with E-state index < -0.39 is 0 Å². The van der Waals surface area contributed by atoms with Crippen molar-refractivity contribution in [2.75, 3.05) is 25.0 Å². The van der Waals surface area contributed by atoms with E-state index in [1.165, 1.54) is 19.4 Å². The predicted octanol–water partition coefficient (Wildman–Crippen LogP) is 2.03. The van der Waals surface area contributed by atoms with Gasteiger partial charge in [0, 0.05) is 18.8 Å². The highest BCUT2D eigenvalue weighted by Crippen LogP contribution is 2.15. The maximum atomic E-state index is 5.75. The van der Waals surface area contributed by atoms with E-state index >= 15 is 0 Å². The first-order chi connectivity index (χ1) is 7.78. The largest absolute Gasteiger partial charge is 0.366 e. The van der Waals surface area contributed by atoms with Gasteiger partial charge in [0.25, 0.3) is 0 Å². The third-order valence-corrected chi connectivity index (χ3v) is 3.11. The minimum atomic E-state index is 0.299. The average molecular weight is 241 g/mol. The molecule has 2 heterocycles. The highest BCUT2D eigenvalue weighted by Gasteiger charge is 2.18. The fourth-order valence-electron chi connectivity index (χ4n) is 2.08. The van der Waals surface area contributed by atoms with Gasteiger partial charge in [-0.25, -0.2) is 9.97 Å². The van der Waals surface area contributed by atoms with Gasteiger partial charge in [0.2, 0.25) is 5.28 Å². The molecule has 1 aromatic heterocycles. The molecule has 4 nitrogen and oxygen atoms in total. The van der Waals surface area contributed by atoms with Gasteiger partial charge in [-0.15, -0.1) is 0 Å². The molecule has 1 atom stereocenters. The Hall–Kier alpha value is -0.870. The van der Waals surface area contributed by atoms with Crippen LogP contribution in [0.5, 0.6) is 0 Å². The van der Waals surface area contributed by atoms with E-state index in [4.69, 9.17) is 11.6 Å². The third-order valence-electron chi connectivity index (χ3n) is 2.93. The lowest BCUT2D eigenvalue weighted by Crippen LogP contribution is -2.41. The van der Waals surface area contributed by atoms with Gasteiger partial charge >= 0.3 is 0 Å². The van der Waals surface area contributed by atoms with Crippen LogP contribution >= 0.6 is 11.6 Å². The molecule has 0 radical (unpaired) electrons. The quantitative estimate of drug-likeness (QED) is 0.821. The second-order valence-corrected chi connectivity index (χ2v) is 4.43. The summed E-state index contributed by atoms with van der Waals surface area (Å²) in [6, 6.07) is 2.33. The van der Waals surface area contributed by atoms with E-state index in [0.717, 1.165) is 18.9 Å². The number of hydrogen-bond acceptors (Lipinski definition) is 4. The highest BCUT2D eigenvalue weighted by atomic mass is 35.5. The van der Waals surface area contributed by atoms with Gasteiger partial charge in [-0.3, -0.25) is 0 Å². The van der Waals surface area contributed by atoms with Crippen molar-refractivity contribution in [1.29, 1.82) is 0 Å². The van der Waals surface area contributed by atoms with Crippen LogP contribution in [0.2, 0.25) is 5.28 Å². The number of likely N-dealkylation sites (tertiary alicyclic amines) is 1. The van der Waals surface area contributed by atoms with Crippen LogP contribution in [0.15, 0.2) is 12.3 Å². The molecule has 88 valence electrons. The molecule has 0 spiro atoms. The van der Waals surface area contributed by atoms with Gasteiger partial charge in [-0.1, -0.05) is 6.92 Å². The Labute approximate surface area is 101 Å². The van der Waals surface area contributed by atoms with Crippen LogP contribution in [-0.4, -0.2) is 40.5 Å². The Morgan fingerprint density at radius 2 is 2.50 bits per heavy atom. The fourth-order valence-corrected chi connectivity index (χ4v) is 2.23. The van der Waals surface area contributed by atoms with Crippen molar-refractivity contribution in [3.05, 3.63) is 17.5 Å². The minimum Gasteiger partial charge on any atom is -0.366 e. The number of halogens is 1. The summed E-state index contributed by atoms with van der Waals surface area (Å²) >= 11 is 5.75. The molecule has 0 saturated carbocycles. The molecule has 0 amide bonds. The summed E-state index contributed by atoms with van der Waals surface area (Å²) in [6.45, 7) is 5.60. The smallest absolute Gasteiger partial charge is 0.224 e. The summed E-state index contributed by atoms with van der Waals surface area (Å²) in [5.74, 6) is 0.822. The molecule has 16 heavy (non-hydrogen) atoms. The zero-order valence-electron chi connectivity index (χ0n) is 9.49. The molecule has 0 aliphatic carbocycles. The molecule has 1 N–H and O–H groups in total. The highest BCUT2D eigenvalue weighted by molar-refractivity contribution is 6.28. The van der Waals surface area contributed by atoms with Crippen molar-refractivity contribution in [2.24, 2.45) is 0 Å². The molecular weight excluding hydrogens is 224 g/mol. The van der Waals surface area contributed by atoms with E-state index in [1.807, 2.05) is 6.07 Å². The Balaban J connectivity index is 1.94. The molecule has 1 aliphatic rings. The Kier molecular flexibility index (Phi) is 3.96. The second-order valence-electron chi connectivity index (χ2n) is 4.09. The van der Waals surface area contributed by atoms with E-state index in [0.29, 0.717) is 11.3 Å². The first-order valence-electron chi connectivity index (χ1n) is 5.75. The summed E-state index contributed by atoms with van der Waals surface area (Å²) in [4.78, 5) is 10.5.